The fourth-order valence-corrected chi connectivity index (χ4v) is 2.33. The molecule has 0 spiro atoms. The van der Waals surface area contributed by atoms with Crippen LogP contribution in [0.1, 0.15) is 10.4 Å². The second-order valence-electron chi connectivity index (χ2n) is 3.67. The van der Waals surface area contributed by atoms with Gasteiger partial charge in [0, 0.05) is 17.0 Å². The average Bonchev–Trinajstić information content (AvgIpc) is 2.35. The van der Waals surface area contributed by atoms with Crippen molar-refractivity contribution in [2.24, 2.45) is 0 Å². The molecule has 0 N–H and O–H groups in total. The predicted octanol–water partition coefficient (Wildman–Crippen LogP) is 2.42. The molecule has 1 aromatic carbocycles. The van der Waals surface area contributed by atoms with Crippen LogP contribution in [0.25, 0.3) is 10.9 Å². The van der Waals surface area contributed by atoms with Gasteiger partial charge in [-0.05, 0) is 34.7 Å². The zero-order chi connectivity index (χ0) is 11.8. The van der Waals surface area contributed by atoms with Gasteiger partial charge in [0.1, 0.15) is 16.9 Å². The molecule has 1 aliphatic rings. The molecule has 0 fully saturated rings. The molecule has 0 aliphatic carbocycles. The molecule has 0 saturated heterocycles. The van der Waals surface area contributed by atoms with E-state index in [0.717, 1.165) is 17.2 Å². The summed E-state index contributed by atoms with van der Waals surface area (Å²) in [5.41, 5.74) is 1.40. The van der Waals surface area contributed by atoms with Gasteiger partial charge in [0.25, 0.3) is 0 Å². The van der Waals surface area contributed by atoms with Crippen molar-refractivity contribution in [2.75, 3.05) is 13.2 Å². The summed E-state index contributed by atoms with van der Waals surface area (Å²) < 4.78 is 11.7. The summed E-state index contributed by atoms with van der Waals surface area (Å²) in [6.07, 6.45) is 0.811. The van der Waals surface area contributed by atoms with Crippen molar-refractivity contribution in [2.45, 2.75) is 0 Å². The molecule has 0 unspecified atom stereocenters. The fraction of sp³-hybridized carbons (Fsp3) is 0.167. The molecule has 1 aliphatic heterocycles. The number of aldehydes is 1. The van der Waals surface area contributed by atoms with Crippen molar-refractivity contribution < 1.29 is 14.3 Å². The molecule has 3 rings (SSSR count). The maximum absolute atomic E-state index is 10.9. The van der Waals surface area contributed by atoms with Gasteiger partial charge >= 0.3 is 0 Å². The Balaban J connectivity index is 2.26. The molecule has 17 heavy (non-hydrogen) atoms. The highest BCUT2D eigenvalue weighted by molar-refractivity contribution is 14.1. The smallest absolute Gasteiger partial charge is 0.163 e. The first-order valence-corrected chi connectivity index (χ1v) is 6.21. The molecule has 2 aromatic rings. The third-order valence-corrected chi connectivity index (χ3v) is 3.45. The van der Waals surface area contributed by atoms with Gasteiger partial charge in [0.2, 0.25) is 0 Å². The van der Waals surface area contributed by atoms with Crippen molar-refractivity contribution in [1.29, 1.82) is 0 Å². The molecule has 0 bridgehead atoms. The van der Waals surface area contributed by atoms with Crippen LogP contribution < -0.4 is 9.47 Å². The first kappa shape index (κ1) is 10.8. The average molecular weight is 341 g/mol. The SMILES string of the molecule is O=Cc1cc2cc3c(cc2nc1I)OCCO3. The Hall–Kier alpha value is -1.37. The quantitative estimate of drug-likeness (QED) is 0.454. The maximum Gasteiger partial charge on any atom is 0.163 e. The van der Waals surface area contributed by atoms with E-state index in [9.17, 15) is 4.79 Å². The summed E-state index contributed by atoms with van der Waals surface area (Å²) >= 11 is 2.05. The minimum atomic E-state index is 0.552. The van der Waals surface area contributed by atoms with E-state index in [1.807, 2.05) is 40.8 Å². The van der Waals surface area contributed by atoms with Gasteiger partial charge < -0.3 is 9.47 Å². The highest BCUT2D eigenvalue weighted by Crippen LogP contribution is 2.34. The van der Waals surface area contributed by atoms with Crippen LogP contribution in [0.4, 0.5) is 0 Å². The van der Waals surface area contributed by atoms with Crippen molar-refractivity contribution in [3.63, 3.8) is 0 Å². The molecule has 4 nitrogen and oxygen atoms in total. The Morgan fingerprint density at radius 2 is 1.88 bits per heavy atom. The van der Waals surface area contributed by atoms with E-state index < -0.39 is 0 Å². The molecule has 0 radical (unpaired) electrons. The topological polar surface area (TPSA) is 48.4 Å². The Morgan fingerprint density at radius 3 is 2.59 bits per heavy atom. The number of aromatic nitrogens is 1. The standard InChI is InChI=1S/C12H8INO3/c13-12-8(6-15)3-7-4-10-11(5-9(7)14-12)17-2-1-16-10/h3-6H,1-2H2. The monoisotopic (exact) mass is 341 g/mol. The minimum absolute atomic E-state index is 0.552. The second-order valence-corrected chi connectivity index (χ2v) is 4.70. The van der Waals surface area contributed by atoms with Crippen molar-refractivity contribution in [3.8, 4) is 11.5 Å². The van der Waals surface area contributed by atoms with Crippen molar-refractivity contribution in [3.05, 3.63) is 27.5 Å². The number of hydrogen-bond acceptors (Lipinski definition) is 4. The molecule has 0 atom stereocenters. The Morgan fingerprint density at radius 1 is 1.18 bits per heavy atom. The maximum atomic E-state index is 10.9. The number of pyridine rings is 1. The van der Waals surface area contributed by atoms with Crippen LogP contribution in [0.15, 0.2) is 18.2 Å². The number of halogens is 1. The Labute approximate surface area is 111 Å². The van der Waals surface area contributed by atoms with Crippen molar-refractivity contribution in [1.82, 2.24) is 4.98 Å². The lowest BCUT2D eigenvalue weighted by Gasteiger charge is -2.18. The molecular formula is C12H8INO3. The lowest BCUT2D eigenvalue weighted by Crippen LogP contribution is -2.15. The molecule has 0 saturated carbocycles. The van der Waals surface area contributed by atoms with Crippen LogP contribution in [0.3, 0.4) is 0 Å². The fourth-order valence-electron chi connectivity index (χ4n) is 1.79. The summed E-state index contributed by atoms with van der Waals surface area (Å²) in [7, 11) is 0. The van der Waals surface area contributed by atoms with E-state index in [2.05, 4.69) is 4.98 Å². The minimum Gasteiger partial charge on any atom is -0.486 e. The van der Waals surface area contributed by atoms with Crippen LogP contribution in [0.5, 0.6) is 11.5 Å². The van der Waals surface area contributed by atoms with Crippen LogP contribution >= 0.6 is 22.6 Å². The predicted molar refractivity (Wildman–Crippen MR) is 70.8 cm³/mol. The van der Waals surface area contributed by atoms with E-state index in [0.29, 0.717) is 34.0 Å². The number of benzene rings is 1. The molecule has 1 aromatic heterocycles. The van der Waals surface area contributed by atoms with E-state index in [4.69, 9.17) is 9.47 Å². The number of nitrogens with zero attached hydrogens (tertiary/aromatic N) is 1. The lowest BCUT2D eigenvalue weighted by atomic mass is 10.1. The number of hydrogen-bond donors (Lipinski definition) is 0. The summed E-state index contributed by atoms with van der Waals surface area (Å²) in [4.78, 5) is 15.2. The zero-order valence-corrected chi connectivity index (χ0v) is 10.9. The number of ether oxygens (including phenoxy) is 2. The van der Waals surface area contributed by atoms with Crippen LogP contribution in [0.2, 0.25) is 0 Å². The van der Waals surface area contributed by atoms with Gasteiger partial charge in [0.05, 0.1) is 5.52 Å². The largest absolute Gasteiger partial charge is 0.486 e. The van der Waals surface area contributed by atoms with E-state index in [-0.39, 0.29) is 0 Å². The molecular weight excluding hydrogens is 333 g/mol. The molecule has 86 valence electrons. The first-order valence-electron chi connectivity index (χ1n) is 5.13. The summed E-state index contributed by atoms with van der Waals surface area (Å²) in [5.74, 6) is 1.43. The van der Waals surface area contributed by atoms with Crippen molar-refractivity contribution >= 4 is 39.8 Å². The van der Waals surface area contributed by atoms with Gasteiger partial charge in [-0.2, -0.15) is 0 Å². The third kappa shape index (κ3) is 1.84. The summed E-state index contributed by atoms with van der Waals surface area (Å²) in [6.45, 7) is 1.11. The number of rotatable bonds is 1. The van der Waals surface area contributed by atoms with Gasteiger partial charge in [-0.3, -0.25) is 4.79 Å². The highest BCUT2D eigenvalue weighted by atomic mass is 127. The van der Waals surface area contributed by atoms with Crippen LogP contribution in [-0.4, -0.2) is 24.5 Å². The second kappa shape index (κ2) is 4.14. The van der Waals surface area contributed by atoms with E-state index in [1.165, 1.54) is 0 Å². The molecule has 0 amide bonds. The highest BCUT2D eigenvalue weighted by Gasteiger charge is 2.14. The number of carbonyl (C=O) groups is 1. The first-order chi connectivity index (χ1) is 8.28. The molecule has 5 heteroatoms. The van der Waals surface area contributed by atoms with Gasteiger partial charge in [-0.25, -0.2) is 4.98 Å². The normalized spacial score (nSPS) is 13.7. The van der Waals surface area contributed by atoms with Crippen LogP contribution in [-0.2, 0) is 0 Å². The Bertz CT molecular complexity index is 612. The van der Waals surface area contributed by atoms with Gasteiger partial charge in [-0.1, -0.05) is 0 Å². The van der Waals surface area contributed by atoms with Gasteiger partial charge in [-0.15, -0.1) is 0 Å². The summed E-state index contributed by atoms with van der Waals surface area (Å²) in [6, 6.07) is 5.52. The lowest BCUT2D eigenvalue weighted by molar-refractivity contribution is 0.112. The van der Waals surface area contributed by atoms with E-state index >= 15 is 0 Å². The zero-order valence-electron chi connectivity index (χ0n) is 8.77. The molecule has 2 heterocycles. The third-order valence-electron chi connectivity index (χ3n) is 2.59. The van der Waals surface area contributed by atoms with Crippen LogP contribution in [0, 0.1) is 3.70 Å². The van der Waals surface area contributed by atoms with E-state index in [1.54, 1.807) is 0 Å². The Kier molecular flexibility index (Phi) is 2.62. The number of fused-ring (bicyclic) bond motifs is 2. The summed E-state index contributed by atoms with van der Waals surface area (Å²) in [5, 5.41) is 0.886. The number of carbonyl (C=O) groups excluding carboxylic acids is 1. The van der Waals surface area contributed by atoms with Gasteiger partial charge in [0.15, 0.2) is 17.8 Å².